The number of hydrogen-bond acceptors (Lipinski definition) is 4. The van der Waals surface area contributed by atoms with Gasteiger partial charge in [-0.3, -0.25) is 6.29 Å². The van der Waals surface area contributed by atoms with Crippen LogP contribution in [0.25, 0.3) is 0 Å². The average molecular weight is 440 g/mol. The quantitative estimate of drug-likeness (QED) is 0.507. The Morgan fingerprint density at radius 3 is 2.06 bits per heavy atom. The summed E-state index contributed by atoms with van der Waals surface area (Å²) in [4.78, 5) is 9.69. The maximum Gasteiger partial charge on any atom is 1.00 e. The Bertz CT molecular complexity index is 991. The van der Waals surface area contributed by atoms with Gasteiger partial charge in [0.15, 0.2) is 0 Å². The summed E-state index contributed by atoms with van der Waals surface area (Å²) in [6, 6.07) is 11.6. The van der Waals surface area contributed by atoms with Gasteiger partial charge in [0.05, 0.1) is 5.75 Å². The van der Waals surface area contributed by atoms with Crippen molar-refractivity contribution in [3.05, 3.63) is 73.0 Å². The molecule has 1 saturated heterocycles. The van der Waals surface area contributed by atoms with E-state index in [9.17, 15) is 22.0 Å². The van der Waals surface area contributed by atoms with Crippen LogP contribution >= 0.6 is 0 Å². The molecule has 2 aromatic rings. The van der Waals surface area contributed by atoms with Gasteiger partial charge in [0.1, 0.15) is 15.6 Å². The Morgan fingerprint density at radius 1 is 1.06 bits per heavy atom. The molecule has 0 aromatic heterocycles. The van der Waals surface area contributed by atoms with E-state index in [2.05, 4.69) is 13.8 Å². The second-order valence-electron chi connectivity index (χ2n) is 7.60. The van der Waals surface area contributed by atoms with Crippen molar-refractivity contribution in [1.82, 2.24) is 0 Å². The second kappa shape index (κ2) is 10.2. The number of ether oxygens (including phenoxy) is 1. The molecule has 4 rings (SSSR count). The van der Waals surface area contributed by atoms with Crippen molar-refractivity contribution in [2.75, 3.05) is 11.5 Å². The molecule has 0 amide bonds. The van der Waals surface area contributed by atoms with E-state index in [4.69, 9.17) is 4.74 Å². The predicted octanol–water partition coefficient (Wildman–Crippen LogP) is 1.68. The van der Waals surface area contributed by atoms with E-state index in [1.807, 2.05) is 18.2 Å². The first kappa shape index (κ1) is 25.4. The fourth-order valence-electron chi connectivity index (χ4n) is 3.10. The third-order valence-corrected chi connectivity index (χ3v) is 6.91. The van der Waals surface area contributed by atoms with Gasteiger partial charge in [0, 0.05) is 23.0 Å². The topological polar surface area (TPSA) is 60.4 Å². The van der Waals surface area contributed by atoms with Gasteiger partial charge in [-0.25, -0.2) is 23.6 Å². The standard InChI is InChI=1S/C19H18F2O.C4H5O3S.Li/c1-3-14-4-9-18(12-13(14)2)22-17-10-7-16(8-11-17)19(20,21)15-5-6-15;5-1-4-2-8(6,7)3-4;/h4,7-12,15H,1-3,5-6H2;4H,2-3H2;/q-2;-1;+1. The summed E-state index contributed by atoms with van der Waals surface area (Å²) in [6.45, 7) is 7.78. The molecule has 31 heavy (non-hydrogen) atoms. The normalized spacial score (nSPS) is 17.4. The van der Waals surface area contributed by atoms with Gasteiger partial charge in [0.25, 0.3) is 5.92 Å². The maximum absolute atomic E-state index is 14.0. The van der Waals surface area contributed by atoms with E-state index < -0.39 is 21.7 Å². The monoisotopic (exact) mass is 440 g/mol. The number of halogens is 2. The van der Waals surface area contributed by atoms with E-state index >= 15 is 0 Å². The molecular weight excluding hydrogens is 417 g/mol. The largest absolute Gasteiger partial charge is 1.00 e. The van der Waals surface area contributed by atoms with Crippen molar-refractivity contribution >= 4 is 16.1 Å². The number of carbonyl (C=O) groups excluding carboxylic acids is 1. The summed E-state index contributed by atoms with van der Waals surface area (Å²) in [5.74, 6) is -2.36. The maximum atomic E-state index is 14.0. The first-order valence-corrected chi connectivity index (χ1v) is 11.4. The molecule has 162 valence electrons. The SMILES string of the molecule is O=[C-]C1CS(=O)(=O)C1.[CH2-]Cc1ccc(Oc2ccc(C(F)(F)C3CC3)cc2)cc1[CH2-].[Li+]. The summed E-state index contributed by atoms with van der Waals surface area (Å²) in [7, 11) is -2.81. The van der Waals surface area contributed by atoms with Crippen molar-refractivity contribution in [2.24, 2.45) is 11.8 Å². The van der Waals surface area contributed by atoms with Crippen LogP contribution in [0, 0.1) is 25.7 Å². The fourth-order valence-corrected chi connectivity index (χ4v) is 4.37. The zero-order valence-electron chi connectivity index (χ0n) is 17.4. The summed E-state index contributed by atoms with van der Waals surface area (Å²) in [5.41, 5.74) is 1.99. The van der Waals surface area contributed by atoms with Crippen molar-refractivity contribution < 1.29 is 45.6 Å². The van der Waals surface area contributed by atoms with Crippen molar-refractivity contribution in [1.29, 1.82) is 0 Å². The van der Waals surface area contributed by atoms with Crippen LogP contribution in [0.4, 0.5) is 8.78 Å². The zero-order chi connectivity index (χ0) is 21.9. The Labute approximate surface area is 194 Å². The molecule has 4 nitrogen and oxygen atoms in total. The molecule has 0 bridgehead atoms. The summed E-state index contributed by atoms with van der Waals surface area (Å²) < 4.78 is 54.2. The molecule has 2 aliphatic rings. The average Bonchev–Trinajstić information content (AvgIpc) is 3.53. The van der Waals surface area contributed by atoms with E-state index in [-0.39, 0.29) is 41.8 Å². The molecule has 1 saturated carbocycles. The Morgan fingerprint density at radius 2 is 1.65 bits per heavy atom. The van der Waals surface area contributed by atoms with E-state index in [1.54, 1.807) is 18.4 Å². The van der Waals surface area contributed by atoms with Gasteiger partial charge >= 0.3 is 18.9 Å². The number of benzene rings is 2. The Kier molecular flexibility index (Phi) is 8.38. The van der Waals surface area contributed by atoms with Crippen LogP contribution < -0.4 is 23.6 Å². The van der Waals surface area contributed by atoms with Crippen LogP contribution in [-0.4, -0.2) is 26.2 Å². The van der Waals surface area contributed by atoms with Crippen LogP contribution in [0.5, 0.6) is 11.5 Å². The molecule has 0 atom stereocenters. The summed E-state index contributed by atoms with van der Waals surface area (Å²) in [6.07, 6.45) is 3.51. The number of sulfone groups is 1. The Hall–Kier alpha value is -1.81. The fraction of sp³-hybridized carbons (Fsp3) is 0.348. The van der Waals surface area contributed by atoms with Crippen LogP contribution in [-0.2, 0) is 27.0 Å². The molecular formula is C23H23F2LiO4S-2. The first-order valence-electron chi connectivity index (χ1n) is 9.63. The van der Waals surface area contributed by atoms with Crippen LogP contribution in [0.15, 0.2) is 42.5 Å². The van der Waals surface area contributed by atoms with Crippen molar-refractivity contribution in [2.45, 2.75) is 25.2 Å². The van der Waals surface area contributed by atoms with Crippen LogP contribution in [0.3, 0.4) is 0 Å². The van der Waals surface area contributed by atoms with E-state index in [0.717, 1.165) is 11.1 Å². The first-order chi connectivity index (χ1) is 14.1. The van der Waals surface area contributed by atoms with Crippen LogP contribution in [0.1, 0.15) is 29.5 Å². The molecule has 0 radical (unpaired) electrons. The molecule has 1 heterocycles. The number of alkyl halides is 2. The van der Waals surface area contributed by atoms with Crippen molar-refractivity contribution in [3.63, 3.8) is 0 Å². The minimum Gasteiger partial charge on any atom is -0.541 e. The zero-order valence-corrected chi connectivity index (χ0v) is 18.3. The molecule has 0 N–H and O–H groups in total. The van der Waals surface area contributed by atoms with Gasteiger partial charge in [-0.2, -0.15) is 18.1 Å². The minimum atomic E-state index is -2.81. The summed E-state index contributed by atoms with van der Waals surface area (Å²) >= 11 is 0. The Balaban J connectivity index is 0.000000322. The molecule has 0 spiro atoms. The molecule has 1 aliphatic heterocycles. The second-order valence-corrected chi connectivity index (χ2v) is 9.75. The van der Waals surface area contributed by atoms with Gasteiger partial charge in [-0.15, -0.1) is 18.1 Å². The number of rotatable bonds is 6. The third-order valence-electron chi connectivity index (χ3n) is 5.09. The van der Waals surface area contributed by atoms with Crippen molar-refractivity contribution in [3.8, 4) is 11.5 Å². The molecule has 2 fully saturated rings. The smallest absolute Gasteiger partial charge is 0.541 e. The molecule has 0 unspecified atom stereocenters. The third kappa shape index (κ3) is 6.58. The van der Waals surface area contributed by atoms with E-state index in [0.29, 0.717) is 30.8 Å². The molecule has 2 aromatic carbocycles. The number of hydrogen-bond donors (Lipinski definition) is 0. The summed E-state index contributed by atoms with van der Waals surface area (Å²) in [5, 5.41) is 0. The van der Waals surface area contributed by atoms with Gasteiger partial charge < -0.3 is 16.5 Å². The van der Waals surface area contributed by atoms with Gasteiger partial charge in [0.2, 0.25) is 0 Å². The van der Waals surface area contributed by atoms with Gasteiger partial charge in [-0.1, -0.05) is 0 Å². The van der Waals surface area contributed by atoms with Crippen LogP contribution in [0.2, 0.25) is 0 Å². The molecule has 8 heteroatoms. The van der Waals surface area contributed by atoms with E-state index in [1.165, 1.54) is 12.1 Å². The van der Waals surface area contributed by atoms with Gasteiger partial charge in [-0.05, 0) is 43.2 Å². The minimum absolute atomic E-state index is 0. The predicted molar refractivity (Wildman–Crippen MR) is 111 cm³/mol. The molecule has 1 aliphatic carbocycles.